The van der Waals surface area contributed by atoms with Crippen molar-refractivity contribution in [3.05, 3.63) is 53.3 Å². The van der Waals surface area contributed by atoms with E-state index in [1.165, 1.54) is 23.1 Å². The Kier molecular flexibility index (Phi) is 5.96. The number of hydrogen-bond acceptors (Lipinski definition) is 2. The summed E-state index contributed by atoms with van der Waals surface area (Å²) in [5.74, 6) is 2.16. The van der Waals surface area contributed by atoms with Crippen molar-refractivity contribution in [3.63, 3.8) is 0 Å². The molecule has 5 nitrogen and oxygen atoms in total. The molecule has 1 aliphatic heterocycles. The van der Waals surface area contributed by atoms with Crippen LogP contribution in [-0.2, 0) is 13.5 Å². The van der Waals surface area contributed by atoms with E-state index in [-0.39, 0.29) is 0 Å². The summed E-state index contributed by atoms with van der Waals surface area (Å²) < 4.78 is 1.88. The van der Waals surface area contributed by atoms with Crippen LogP contribution in [0.1, 0.15) is 36.0 Å². The third-order valence-corrected chi connectivity index (χ3v) is 5.26. The molecule has 1 aliphatic rings. The van der Waals surface area contributed by atoms with Crippen LogP contribution in [0.4, 0.5) is 0 Å². The minimum Gasteiger partial charge on any atom is -0.356 e. The molecule has 0 saturated carbocycles. The van der Waals surface area contributed by atoms with Crippen LogP contribution in [0.3, 0.4) is 0 Å². The number of nitrogens with zero attached hydrogens (tertiary/aromatic N) is 4. The van der Waals surface area contributed by atoms with Crippen LogP contribution in [0, 0.1) is 12.8 Å². The van der Waals surface area contributed by atoms with E-state index in [4.69, 9.17) is 0 Å². The molecule has 140 valence electrons. The molecule has 1 fully saturated rings. The van der Waals surface area contributed by atoms with Gasteiger partial charge >= 0.3 is 0 Å². The first-order valence-electron chi connectivity index (χ1n) is 9.55. The molecule has 5 heteroatoms. The third kappa shape index (κ3) is 4.65. The molecule has 1 aromatic carbocycles. The highest BCUT2D eigenvalue weighted by Gasteiger charge is 2.25. The first-order chi connectivity index (χ1) is 12.5. The van der Waals surface area contributed by atoms with Crippen molar-refractivity contribution >= 4 is 5.96 Å². The Bertz CT molecular complexity index is 748. The number of aromatic nitrogens is 2. The van der Waals surface area contributed by atoms with Crippen molar-refractivity contribution in [2.75, 3.05) is 26.7 Å². The number of aryl methyl sites for hydroxylation is 2. The molecule has 1 aromatic heterocycles. The molecule has 1 saturated heterocycles. The monoisotopic (exact) mass is 353 g/mol. The van der Waals surface area contributed by atoms with Crippen LogP contribution in [0.15, 0.2) is 41.7 Å². The van der Waals surface area contributed by atoms with Crippen LogP contribution >= 0.6 is 0 Å². The summed E-state index contributed by atoms with van der Waals surface area (Å²) in [5, 5.41) is 7.86. The van der Waals surface area contributed by atoms with Crippen LogP contribution in [0.25, 0.3) is 0 Å². The molecule has 0 bridgehead atoms. The molecule has 1 N–H and O–H groups in total. The van der Waals surface area contributed by atoms with E-state index in [0.29, 0.717) is 11.8 Å². The second-order valence-corrected chi connectivity index (χ2v) is 7.57. The van der Waals surface area contributed by atoms with E-state index in [0.717, 1.165) is 32.0 Å². The molecular formula is C21H31N5. The maximum Gasteiger partial charge on any atom is 0.193 e. The van der Waals surface area contributed by atoms with E-state index in [1.807, 2.05) is 25.0 Å². The van der Waals surface area contributed by atoms with Crippen LogP contribution in [0.5, 0.6) is 0 Å². The van der Waals surface area contributed by atoms with Crippen LogP contribution in [0.2, 0.25) is 0 Å². The van der Waals surface area contributed by atoms with E-state index in [9.17, 15) is 0 Å². The lowest BCUT2D eigenvalue weighted by Crippen LogP contribution is -2.41. The minimum absolute atomic E-state index is 0.459. The molecule has 2 unspecified atom stereocenters. The number of hydrogen-bond donors (Lipinski definition) is 1. The SMILES string of the molecule is CN=C(NCC(C)c1cccc(C)c1)N1CCC(Cc2cnn(C)c2)C1. The highest BCUT2D eigenvalue weighted by Crippen LogP contribution is 2.21. The Labute approximate surface area is 157 Å². The third-order valence-electron chi connectivity index (χ3n) is 5.26. The van der Waals surface area contributed by atoms with Crippen molar-refractivity contribution in [1.82, 2.24) is 20.0 Å². The summed E-state index contributed by atoms with van der Waals surface area (Å²) in [6, 6.07) is 8.77. The van der Waals surface area contributed by atoms with Gasteiger partial charge in [-0.1, -0.05) is 36.8 Å². The summed E-state index contributed by atoms with van der Waals surface area (Å²) in [7, 11) is 3.86. The summed E-state index contributed by atoms with van der Waals surface area (Å²) in [6.07, 6.45) is 6.42. The highest BCUT2D eigenvalue weighted by atomic mass is 15.3. The summed E-state index contributed by atoms with van der Waals surface area (Å²) in [5.41, 5.74) is 4.02. The minimum atomic E-state index is 0.459. The molecule has 0 spiro atoms. The van der Waals surface area contributed by atoms with Gasteiger partial charge in [-0.3, -0.25) is 9.67 Å². The number of aliphatic imine (C=N–C) groups is 1. The Morgan fingerprint density at radius 1 is 1.42 bits per heavy atom. The lowest BCUT2D eigenvalue weighted by molar-refractivity contribution is 0.457. The summed E-state index contributed by atoms with van der Waals surface area (Å²) in [6.45, 7) is 7.45. The largest absolute Gasteiger partial charge is 0.356 e. The van der Waals surface area contributed by atoms with Gasteiger partial charge in [0.2, 0.25) is 0 Å². The van der Waals surface area contributed by atoms with Gasteiger partial charge < -0.3 is 10.2 Å². The average molecular weight is 354 g/mol. The van der Waals surface area contributed by atoms with Crippen LogP contribution in [-0.4, -0.2) is 47.3 Å². The van der Waals surface area contributed by atoms with Gasteiger partial charge in [-0.15, -0.1) is 0 Å². The molecule has 0 aliphatic carbocycles. The van der Waals surface area contributed by atoms with E-state index >= 15 is 0 Å². The van der Waals surface area contributed by atoms with Crippen molar-refractivity contribution in [1.29, 1.82) is 0 Å². The first kappa shape index (κ1) is 18.5. The predicted octanol–water partition coefficient (Wildman–Crippen LogP) is 2.97. The van der Waals surface area contributed by atoms with Gasteiger partial charge in [0.1, 0.15) is 0 Å². The maximum absolute atomic E-state index is 4.51. The quantitative estimate of drug-likeness (QED) is 0.664. The molecule has 2 atom stereocenters. The number of likely N-dealkylation sites (tertiary alicyclic amines) is 1. The van der Waals surface area contributed by atoms with Gasteiger partial charge in [-0.05, 0) is 42.7 Å². The Morgan fingerprint density at radius 3 is 2.96 bits per heavy atom. The predicted molar refractivity (Wildman–Crippen MR) is 108 cm³/mol. The molecule has 3 rings (SSSR count). The topological polar surface area (TPSA) is 45.5 Å². The normalized spacial score (nSPS) is 19.0. The van der Waals surface area contributed by atoms with E-state index in [1.54, 1.807) is 0 Å². The molecule has 0 radical (unpaired) electrons. The van der Waals surface area contributed by atoms with Crippen molar-refractivity contribution < 1.29 is 0 Å². The molecule has 2 aromatic rings. The number of rotatable bonds is 5. The number of nitrogens with one attached hydrogen (secondary N) is 1. The maximum atomic E-state index is 4.51. The lowest BCUT2D eigenvalue weighted by atomic mass is 9.99. The van der Waals surface area contributed by atoms with Gasteiger partial charge in [-0.2, -0.15) is 5.10 Å². The molecule has 2 heterocycles. The average Bonchev–Trinajstić information content (AvgIpc) is 3.25. The van der Waals surface area contributed by atoms with Crippen molar-refractivity contribution in [2.45, 2.75) is 32.6 Å². The number of guanidine groups is 1. The Morgan fingerprint density at radius 2 is 2.27 bits per heavy atom. The van der Waals surface area contributed by atoms with Crippen molar-refractivity contribution in [3.8, 4) is 0 Å². The fourth-order valence-corrected chi connectivity index (χ4v) is 3.77. The fraction of sp³-hybridized carbons (Fsp3) is 0.524. The Hall–Kier alpha value is -2.30. The van der Waals surface area contributed by atoms with Gasteiger partial charge in [-0.25, -0.2) is 0 Å². The van der Waals surface area contributed by atoms with Gasteiger partial charge in [0.25, 0.3) is 0 Å². The zero-order valence-electron chi connectivity index (χ0n) is 16.4. The molecule has 0 amide bonds. The fourth-order valence-electron chi connectivity index (χ4n) is 3.77. The van der Waals surface area contributed by atoms with Crippen molar-refractivity contribution in [2.24, 2.45) is 18.0 Å². The molecular weight excluding hydrogens is 322 g/mol. The van der Waals surface area contributed by atoms with E-state index < -0.39 is 0 Å². The summed E-state index contributed by atoms with van der Waals surface area (Å²) in [4.78, 5) is 6.91. The second kappa shape index (κ2) is 8.39. The summed E-state index contributed by atoms with van der Waals surface area (Å²) >= 11 is 0. The first-order valence-corrected chi connectivity index (χ1v) is 9.55. The standard InChI is InChI=1S/C21H31N5/c1-16-6-5-7-20(10-16)17(2)12-23-21(22-3)26-9-8-18(15-26)11-19-13-24-25(4)14-19/h5-7,10,13-14,17-18H,8-9,11-12,15H2,1-4H3,(H,22,23). The Balaban J connectivity index is 1.51. The lowest BCUT2D eigenvalue weighted by Gasteiger charge is -2.23. The van der Waals surface area contributed by atoms with Crippen LogP contribution < -0.4 is 5.32 Å². The zero-order chi connectivity index (χ0) is 18.5. The smallest absolute Gasteiger partial charge is 0.193 e. The second-order valence-electron chi connectivity index (χ2n) is 7.57. The van der Waals surface area contributed by atoms with Gasteiger partial charge in [0.05, 0.1) is 6.20 Å². The van der Waals surface area contributed by atoms with E-state index in [2.05, 4.69) is 64.6 Å². The molecule has 26 heavy (non-hydrogen) atoms. The number of benzene rings is 1. The van der Waals surface area contributed by atoms with Gasteiger partial charge in [0, 0.05) is 39.9 Å². The highest BCUT2D eigenvalue weighted by molar-refractivity contribution is 5.80. The van der Waals surface area contributed by atoms with Gasteiger partial charge in [0.15, 0.2) is 5.96 Å². The zero-order valence-corrected chi connectivity index (χ0v) is 16.4.